The molecule has 2 aromatic carbocycles. The Bertz CT molecular complexity index is 1350. The zero-order valence-electron chi connectivity index (χ0n) is 18.2. The van der Waals surface area contributed by atoms with Crippen molar-refractivity contribution in [2.24, 2.45) is 0 Å². The molecule has 1 amide bonds. The Morgan fingerprint density at radius 2 is 1.62 bits per heavy atom. The summed E-state index contributed by atoms with van der Waals surface area (Å²) in [4.78, 5) is 20.8. The molecule has 34 heavy (non-hydrogen) atoms. The molecule has 0 aliphatic rings. The first-order chi connectivity index (χ1) is 16.2. The number of rotatable bonds is 6. The van der Waals surface area contributed by atoms with Crippen molar-refractivity contribution in [3.05, 3.63) is 60.0 Å². The molecule has 0 aliphatic heterocycles. The maximum absolute atomic E-state index is 13.8. The molecule has 4 aromatic rings. The lowest BCUT2D eigenvalue weighted by Gasteiger charge is -2.10. The van der Waals surface area contributed by atoms with E-state index in [9.17, 15) is 18.0 Å². The van der Waals surface area contributed by atoms with Crippen molar-refractivity contribution < 1.29 is 32.2 Å². The summed E-state index contributed by atoms with van der Waals surface area (Å²) in [5, 5.41) is 6.28. The van der Waals surface area contributed by atoms with Gasteiger partial charge >= 0.3 is 6.18 Å². The van der Waals surface area contributed by atoms with Crippen LogP contribution in [0.1, 0.15) is 16.3 Å². The Morgan fingerprint density at radius 1 is 0.912 bits per heavy atom. The van der Waals surface area contributed by atoms with Crippen molar-refractivity contribution in [1.82, 2.24) is 19.6 Å². The maximum Gasteiger partial charge on any atom is 0.433 e. The highest BCUT2D eigenvalue weighted by Crippen LogP contribution is 2.33. The van der Waals surface area contributed by atoms with E-state index in [1.54, 1.807) is 30.3 Å². The number of amides is 1. The van der Waals surface area contributed by atoms with Crippen molar-refractivity contribution in [3.8, 4) is 28.5 Å². The van der Waals surface area contributed by atoms with Crippen LogP contribution in [0.2, 0.25) is 0 Å². The van der Waals surface area contributed by atoms with Gasteiger partial charge in [0.15, 0.2) is 17.2 Å². The number of hydrogen-bond donors (Lipinski definition) is 1. The lowest BCUT2D eigenvalue weighted by molar-refractivity contribution is -0.142. The van der Waals surface area contributed by atoms with Crippen LogP contribution in [0.15, 0.2) is 48.5 Å². The molecule has 0 unspecified atom stereocenters. The largest absolute Gasteiger partial charge is 0.497 e. The molecule has 12 heteroatoms. The maximum atomic E-state index is 13.8. The molecule has 2 heterocycles. The minimum absolute atomic E-state index is 0.0155. The summed E-state index contributed by atoms with van der Waals surface area (Å²) in [7, 11) is 4.37. The van der Waals surface area contributed by atoms with Gasteiger partial charge < -0.3 is 19.5 Å². The Hall–Kier alpha value is -4.35. The molecule has 0 saturated heterocycles. The standard InChI is InChI=1S/C22H18F3N5O4/c1-32-14-7-4-12(5-8-14)15-11-18(22(23,24)25)30-21(27-15)28-19(29-30)20(31)26-13-6-9-16(33-2)17(10-13)34-3/h4-11H,1-3H3,(H,26,31). The van der Waals surface area contributed by atoms with Gasteiger partial charge in [-0.1, -0.05) is 0 Å². The van der Waals surface area contributed by atoms with Crippen LogP contribution in [0.25, 0.3) is 17.0 Å². The van der Waals surface area contributed by atoms with Gasteiger partial charge in [0.2, 0.25) is 5.82 Å². The third-order valence-electron chi connectivity index (χ3n) is 4.83. The van der Waals surface area contributed by atoms with E-state index >= 15 is 0 Å². The number of alkyl halides is 3. The van der Waals surface area contributed by atoms with Gasteiger partial charge in [0.05, 0.1) is 27.0 Å². The van der Waals surface area contributed by atoms with E-state index in [-0.39, 0.29) is 11.5 Å². The lowest BCUT2D eigenvalue weighted by atomic mass is 10.1. The van der Waals surface area contributed by atoms with Crippen LogP contribution in [0.5, 0.6) is 17.2 Å². The zero-order valence-corrected chi connectivity index (χ0v) is 18.2. The molecule has 176 valence electrons. The number of hydrogen-bond acceptors (Lipinski definition) is 7. The number of carbonyl (C=O) groups excluding carboxylic acids is 1. The summed E-state index contributed by atoms with van der Waals surface area (Å²) in [5.74, 6) is -0.350. The third kappa shape index (κ3) is 4.42. The molecule has 0 saturated carbocycles. The first-order valence-electron chi connectivity index (χ1n) is 9.76. The molecule has 2 aromatic heterocycles. The fraction of sp³-hybridized carbons (Fsp3) is 0.182. The van der Waals surface area contributed by atoms with Gasteiger partial charge in [0, 0.05) is 17.3 Å². The van der Waals surface area contributed by atoms with E-state index in [0.717, 1.165) is 6.07 Å². The summed E-state index contributed by atoms with van der Waals surface area (Å²) < 4.78 is 57.2. The van der Waals surface area contributed by atoms with E-state index in [0.29, 0.717) is 33.0 Å². The second-order valence-corrected chi connectivity index (χ2v) is 6.92. The average Bonchev–Trinajstić information content (AvgIpc) is 3.27. The Kier molecular flexibility index (Phi) is 5.97. The molecule has 0 spiro atoms. The van der Waals surface area contributed by atoms with Gasteiger partial charge in [-0.2, -0.15) is 22.7 Å². The van der Waals surface area contributed by atoms with E-state index in [2.05, 4.69) is 20.4 Å². The Balaban J connectivity index is 1.72. The SMILES string of the molecule is COc1ccc(-c2cc(C(F)(F)F)n3nc(C(=O)Nc4ccc(OC)c(OC)c4)nc3n2)cc1. The highest BCUT2D eigenvalue weighted by atomic mass is 19.4. The van der Waals surface area contributed by atoms with Crippen LogP contribution in [0.4, 0.5) is 18.9 Å². The minimum Gasteiger partial charge on any atom is -0.497 e. The number of fused-ring (bicyclic) bond motifs is 1. The second kappa shape index (κ2) is 8.89. The van der Waals surface area contributed by atoms with E-state index in [1.807, 2.05) is 0 Å². The molecule has 0 atom stereocenters. The number of ether oxygens (including phenoxy) is 3. The van der Waals surface area contributed by atoms with Crippen LogP contribution in [0, 0.1) is 0 Å². The third-order valence-corrected chi connectivity index (χ3v) is 4.83. The van der Waals surface area contributed by atoms with E-state index in [1.165, 1.54) is 33.5 Å². The molecule has 9 nitrogen and oxygen atoms in total. The first kappa shape index (κ1) is 22.8. The zero-order chi connectivity index (χ0) is 24.5. The Labute approximate surface area is 191 Å². The number of carbonyl (C=O) groups is 1. The fourth-order valence-electron chi connectivity index (χ4n) is 3.18. The Morgan fingerprint density at radius 3 is 2.24 bits per heavy atom. The second-order valence-electron chi connectivity index (χ2n) is 6.92. The topological polar surface area (TPSA) is 99.9 Å². The highest BCUT2D eigenvalue weighted by Gasteiger charge is 2.36. The van der Waals surface area contributed by atoms with E-state index < -0.39 is 23.6 Å². The molecular formula is C22H18F3N5O4. The number of aromatic nitrogens is 4. The van der Waals surface area contributed by atoms with Gasteiger partial charge in [0.1, 0.15) is 5.75 Å². The molecule has 0 fully saturated rings. The van der Waals surface area contributed by atoms with Crippen LogP contribution in [-0.4, -0.2) is 46.8 Å². The highest BCUT2D eigenvalue weighted by molar-refractivity contribution is 6.02. The fourth-order valence-corrected chi connectivity index (χ4v) is 3.18. The number of methoxy groups -OCH3 is 3. The number of benzene rings is 2. The van der Waals surface area contributed by atoms with Crippen molar-refractivity contribution in [3.63, 3.8) is 0 Å². The molecule has 0 bridgehead atoms. The summed E-state index contributed by atoms with van der Waals surface area (Å²) in [6.45, 7) is 0. The van der Waals surface area contributed by atoms with Gasteiger partial charge in [-0.05, 0) is 42.5 Å². The van der Waals surface area contributed by atoms with Crippen LogP contribution in [0.3, 0.4) is 0 Å². The monoisotopic (exact) mass is 473 g/mol. The summed E-state index contributed by atoms with van der Waals surface area (Å²) in [5.41, 5.74) is -0.389. The summed E-state index contributed by atoms with van der Waals surface area (Å²) >= 11 is 0. The van der Waals surface area contributed by atoms with Gasteiger partial charge in [-0.3, -0.25) is 4.79 Å². The summed E-state index contributed by atoms with van der Waals surface area (Å²) in [6, 6.07) is 11.8. The summed E-state index contributed by atoms with van der Waals surface area (Å²) in [6.07, 6.45) is -4.77. The molecular weight excluding hydrogens is 455 g/mol. The lowest BCUT2D eigenvalue weighted by Crippen LogP contribution is -2.16. The predicted molar refractivity (Wildman–Crippen MR) is 115 cm³/mol. The predicted octanol–water partition coefficient (Wildman–Crippen LogP) is 4.09. The van der Waals surface area contributed by atoms with Crippen molar-refractivity contribution in [2.45, 2.75) is 6.18 Å². The van der Waals surface area contributed by atoms with Crippen molar-refractivity contribution in [1.29, 1.82) is 0 Å². The number of nitrogens with zero attached hydrogens (tertiary/aromatic N) is 4. The number of anilines is 1. The first-order valence-corrected chi connectivity index (χ1v) is 9.76. The smallest absolute Gasteiger partial charge is 0.433 e. The molecule has 4 rings (SSSR count). The van der Waals surface area contributed by atoms with E-state index in [4.69, 9.17) is 14.2 Å². The quantitative estimate of drug-likeness (QED) is 0.450. The number of nitrogens with one attached hydrogen (secondary N) is 1. The molecule has 1 N–H and O–H groups in total. The average molecular weight is 473 g/mol. The van der Waals surface area contributed by atoms with Crippen LogP contribution < -0.4 is 19.5 Å². The number of halogens is 3. The normalized spacial score (nSPS) is 11.4. The van der Waals surface area contributed by atoms with Crippen LogP contribution >= 0.6 is 0 Å². The van der Waals surface area contributed by atoms with Crippen molar-refractivity contribution >= 4 is 17.4 Å². The molecule has 0 radical (unpaired) electrons. The minimum atomic E-state index is -4.77. The van der Waals surface area contributed by atoms with Gasteiger partial charge in [-0.25, -0.2) is 4.98 Å². The van der Waals surface area contributed by atoms with Gasteiger partial charge in [-0.15, -0.1) is 5.10 Å². The van der Waals surface area contributed by atoms with Crippen molar-refractivity contribution in [2.75, 3.05) is 26.6 Å². The van der Waals surface area contributed by atoms with Crippen LogP contribution in [-0.2, 0) is 6.18 Å². The van der Waals surface area contributed by atoms with Gasteiger partial charge in [0.25, 0.3) is 11.7 Å². The molecule has 0 aliphatic carbocycles.